The van der Waals surface area contributed by atoms with Crippen LogP contribution in [-0.4, -0.2) is 40.0 Å². The molecule has 0 aromatic heterocycles. The highest BCUT2D eigenvalue weighted by Gasteiger charge is 2.47. The molecule has 0 bridgehead atoms. The van der Waals surface area contributed by atoms with E-state index < -0.39 is 24.0 Å². The van der Waals surface area contributed by atoms with Gasteiger partial charge in [0.15, 0.2) is 0 Å². The van der Waals surface area contributed by atoms with E-state index in [2.05, 4.69) is 5.32 Å². The number of amides is 4. The molecule has 1 aromatic rings. The van der Waals surface area contributed by atoms with E-state index in [0.717, 1.165) is 42.6 Å². The number of aryl methyl sites for hydroxylation is 2. The maximum absolute atomic E-state index is 12.9. The summed E-state index contributed by atoms with van der Waals surface area (Å²) in [5.41, 5.74) is 3.91. The van der Waals surface area contributed by atoms with Gasteiger partial charge in [-0.2, -0.15) is 0 Å². The summed E-state index contributed by atoms with van der Waals surface area (Å²) < 4.78 is 0. The van der Waals surface area contributed by atoms with Crippen LogP contribution in [0.1, 0.15) is 49.7 Å². The Morgan fingerprint density at radius 1 is 1.22 bits per heavy atom. The first-order valence-electron chi connectivity index (χ1n) is 9.64. The molecule has 27 heavy (non-hydrogen) atoms. The number of imide groups is 1. The summed E-state index contributed by atoms with van der Waals surface area (Å²) in [6.45, 7) is 2.01. The van der Waals surface area contributed by atoms with Crippen molar-refractivity contribution in [3.8, 4) is 0 Å². The van der Waals surface area contributed by atoms with Crippen LogP contribution in [0.5, 0.6) is 0 Å². The van der Waals surface area contributed by atoms with Gasteiger partial charge in [0.2, 0.25) is 0 Å². The largest absolute Gasteiger partial charge is 0.326 e. The maximum Gasteiger partial charge on any atom is 0.325 e. The number of hydroxylamine groups is 1. The van der Waals surface area contributed by atoms with Crippen LogP contribution in [0, 0.1) is 12.8 Å². The molecule has 2 aliphatic rings. The number of nitrogens with zero attached hydrogens (tertiary/aromatic N) is 1. The Bertz CT molecular complexity index is 698. The van der Waals surface area contributed by atoms with Crippen molar-refractivity contribution in [2.45, 2.75) is 64.0 Å². The van der Waals surface area contributed by atoms with Gasteiger partial charge in [-0.15, -0.1) is 0 Å². The van der Waals surface area contributed by atoms with Gasteiger partial charge in [-0.25, -0.2) is 15.2 Å². The van der Waals surface area contributed by atoms with Gasteiger partial charge in [-0.3, -0.25) is 14.8 Å². The molecule has 1 aromatic carbocycles. The van der Waals surface area contributed by atoms with E-state index in [1.165, 1.54) is 5.56 Å². The molecule has 4 amide bonds. The fourth-order valence-electron chi connectivity index (χ4n) is 4.13. The number of urea groups is 1. The third kappa shape index (κ3) is 4.30. The molecule has 1 heterocycles. The highest BCUT2D eigenvalue weighted by atomic mass is 16.5. The van der Waals surface area contributed by atoms with Crippen LogP contribution in [0.4, 0.5) is 4.79 Å². The second-order valence-corrected chi connectivity index (χ2v) is 7.55. The Hall–Kier alpha value is -2.41. The van der Waals surface area contributed by atoms with Crippen molar-refractivity contribution in [2.24, 2.45) is 5.92 Å². The topological polar surface area (TPSA) is 98.7 Å². The predicted octanol–water partition coefficient (Wildman–Crippen LogP) is 2.30. The monoisotopic (exact) mass is 373 g/mol. The van der Waals surface area contributed by atoms with Crippen molar-refractivity contribution >= 4 is 17.8 Å². The number of nitrogens with one attached hydrogen (secondary N) is 2. The molecule has 1 saturated carbocycles. The van der Waals surface area contributed by atoms with Crippen molar-refractivity contribution < 1.29 is 19.6 Å². The van der Waals surface area contributed by atoms with Gasteiger partial charge in [-0.1, -0.05) is 49.1 Å². The van der Waals surface area contributed by atoms with Crippen molar-refractivity contribution in [3.05, 3.63) is 35.4 Å². The van der Waals surface area contributed by atoms with Gasteiger partial charge in [-0.05, 0) is 44.1 Å². The van der Waals surface area contributed by atoms with Crippen molar-refractivity contribution in [1.29, 1.82) is 0 Å². The zero-order valence-electron chi connectivity index (χ0n) is 15.6. The lowest BCUT2D eigenvalue weighted by atomic mass is 9.83. The normalized spacial score (nSPS) is 21.9. The molecule has 7 nitrogen and oxygen atoms in total. The first kappa shape index (κ1) is 19.4. The molecule has 7 heteroatoms. The van der Waals surface area contributed by atoms with Gasteiger partial charge >= 0.3 is 6.03 Å². The minimum absolute atomic E-state index is 0.114. The van der Waals surface area contributed by atoms with Crippen molar-refractivity contribution in [2.75, 3.05) is 0 Å². The fraction of sp³-hybridized carbons (Fsp3) is 0.550. The molecular weight excluding hydrogens is 346 g/mol. The summed E-state index contributed by atoms with van der Waals surface area (Å²) in [5, 5.41) is 11.8. The van der Waals surface area contributed by atoms with Gasteiger partial charge < -0.3 is 5.32 Å². The number of hydrogen-bond acceptors (Lipinski definition) is 4. The molecule has 3 rings (SSSR count). The highest BCUT2D eigenvalue weighted by Crippen LogP contribution is 2.31. The quantitative estimate of drug-likeness (QED) is 0.405. The van der Waals surface area contributed by atoms with Crippen LogP contribution >= 0.6 is 0 Å². The van der Waals surface area contributed by atoms with Gasteiger partial charge in [0, 0.05) is 0 Å². The van der Waals surface area contributed by atoms with Gasteiger partial charge in [0.05, 0.1) is 0 Å². The zero-order valence-corrected chi connectivity index (χ0v) is 15.6. The SMILES string of the molecule is Cc1ccc(CCC2NC(=O)N(C(C(=O)NO)C3CCCCC3)C2=O)cc1. The molecule has 1 saturated heterocycles. The maximum atomic E-state index is 12.9. The standard InChI is InChI=1S/C20H27N3O4/c1-13-7-9-14(10-8-13)11-12-16-19(25)23(20(26)21-16)17(18(24)22-27)15-5-3-2-4-6-15/h7-10,15-17,27H,2-6,11-12H2,1H3,(H,21,26)(H,22,24). The third-order valence-electron chi connectivity index (χ3n) is 5.65. The van der Waals surface area contributed by atoms with E-state index in [1.54, 1.807) is 5.48 Å². The minimum atomic E-state index is -0.952. The number of carbonyl (C=O) groups is 3. The van der Waals surface area contributed by atoms with Crippen molar-refractivity contribution in [1.82, 2.24) is 15.7 Å². The lowest BCUT2D eigenvalue weighted by molar-refractivity contribution is -0.143. The highest BCUT2D eigenvalue weighted by molar-refractivity contribution is 6.07. The lowest BCUT2D eigenvalue weighted by Gasteiger charge is -2.33. The molecular formula is C20H27N3O4. The van der Waals surface area contributed by atoms with Crippen LogP contribution < -0.4 is 10.8 Å². The van der Waals surface area contributed by atoms with E-state index in [1.807, 2.05) is 31.2 Å². The summed E-state index contributed by atoms with van der Waals surface area (Å²) in [4.78, 5) is 38.7. The molecule has 2 fully saturated rings. The fourth-order valence-corrected chi connectivity index (χ4v) is 4.13. The van der Waals surface area contributed by atoms with Crippen LogP contribution in [0.15, 0.2) is 24.3 Å². The number of rotatable bonds is 6. The summed E-state index contributed by atoms with van der Waals surface area (Å²) >= 11 is 0. The Morgan fingerprint density at radius 2 is 1.89 bits per heavy atom. The van der Waals surface area contributed by atoms with Crippen LogP contribution in [-0.2, 0) is 16.0 Å². The molecule has 0 spiro atoms. The van der Waals surface area contributed by atoms with Gasteiger partial charge in [0.25, 0.3) is 11.8 Å². The lowest BCUT2D eigenvalue weighted by Crippen LogP contribution is -2.53. The van der Waals surface area contributed by atoms with E-state index in [0.29, 0.717) is 12.8 Å². The molecule has 2 unspecified atom stereocenters. The Morgan fingerprint density at radius 3 is 2.52 bits per heavy atom. The molecule has 3 N–H and O–H groups in total. The van der Waals surface area contributed by atoms with E-state index in [9.17, 15) is 14.4 Å². The van der Waals surface area contributed by atoms with Crippen LogP contribution in [0.3, 0.4) is 0 Å². The second kappa shape index (κ2) is 8.52. The first-order valence-corrected chi connectivity index (χ1v) is 9.64. The predicted molar refractivity (Wildman–Crippen MR) is 99.0 cm³/mol. The second-order valence-electron chi connectivity index (χ2n) is 7.55. The summed E-state index contributed by atoms with van der Waals surface area (Å²) in [6, 6.07) is 5.91. The Kier molecular flexibility index (Phi) is 6.11. The summed E-state index contributed by atoms with van der Waals surface area (Å²) in [5.74, 6) is -1.19. The van der Waals surface area contributed by atoms with Crippen LogP contribution in [0.25, 0.3) is 0 Å². The molecule has 1 aliphatic carbocycles. The molecule has 1 aliphatic heterocycles. The Labute approximate surface area is 159 Å². The van der Waals surface area contributed by atoms with Crippen LogP contribution in [0.2, 0.25) is 0 Å². The smallest absolute Gasteiger partial charge is 0.325 e. The van der Waals surface area contributed by atoms with E-state index >= 15 is 0 Å². The van der Waals surface area contributed by atoms with Crippen molar-refractivity contribution in [3.63, 3.8) is 0 Å². The summed E-state index contributed by atoms with van der Waals surface area (Å²) in [6.07, 6.45) is 5.67. The summed E-state index contributed by atoms with van der Waals surface area (Å²) in [7, 11) is 0. The number of benzene rings is 1. The number of carbonyl (C=O) groups excluding carboxylic acids is 3. The van der Waals surface area contributed by atoms with E-state index in [-0.39, 0.29) is 11.8 Å². The molecule has 0 radical (unpaired) electrons. The zero-order chi connectivity index (χ0) is 19.4. The first-order chi connectivity index (χ1) is 13.0. The number of hydrogen-bond donors (Lipinski definition) is 3. The Balaban J connectivity index is 1.70. The van der Waals surface area contributed by atoms with E-state index in [4.69, 9.17) is 5.21 Å². The minimum Gasteiger partial charge on any atom is -0.326 e. The van der Waals surface area contributed by atoms with Gasteiger partial charge in [0.1, 0.15) is 12.1 Å². The average Bonchev–Trinajstić information content (AvgIpc) is 2.96. The average molecular weight is 373 g/mol. The molecule has 146 valence electrons. The third-order valence-corrected chi connectivity index (χ3v) is 5.65. The molecule has 2 atom stereocenters.